The van der Waals surface area contributed by atoms with Crippen LogP contribution in [0.1, 0.15) is 48.3 Å². The van der Waals surface area contributed by atoms with Crippen molar-refractivity contribution in [2.75, 3.05) is 7.11 Å². The normalized spacial score (nSPS) is 12.6. The number of ether oxygens (including phenoxy) is 2. The molecule has 1 atom stereocenters. The van der Waals surface area contributed by atoms with Gasteiger partial charge in [-0.1, -0.05) is 25.5 Å². The Labute approximate surface area is 199 Å². The van der Waals surface area contributed by atoms with Crippen LogP contribution in [0.4, 0.5) is 0 Å². The van der Waals surface area contributed by atoms with E-state index in [0.717, 1.165) is 22.4 Å². The summed E-state index contributed by atoms with van der Waals surface area (Å²) in [5.41, 5.74) is 2.43. The van der Waals surface area contributed by atoms with Crippen molar-refractivity contribution >= 4 is 11.9 Å². The van der Waals surface area contributed by atoms with Crippen molar-refractivity contribution in [1.82, 2.24) is 15.1 Å². The van der Waals surface area contributed by atoms with Crippen molar-refractivity contribution in [1.29, 1.82) is 0 Å². The third-order valence-electron chi connectivity index (χ3n) is 5.71. The Balaban J connectivity index is 1.67. The summed E-state index contributed by atoms with van der Waals surface area (Å²) < 4.78 is 12.6. The molecular formula is C26H31N3O5. The number of carbonyl (C=O) groups excluding carboxylic acids is 1. The first kappa shape index (κ1) is 24.8. The molecule has 0 spiro atoms. The number of aliphatic carboxylic acids is 1. The smallest absolute Gasteiger partial charge is 0.347 e. The molecule has 0 fully saturated rings. The quantitative estimate of drug-likeness (QED) is 0.461. The average Bonchev–Trinajstić information content (AvgIpc) is 3.21. The van der Waals surface area contributed by atoms with E-state index in [4.69, 9.17) is 9.47 Å². The highest BCUT2D eigenvalue weighted by Crippen LogP contribution is 2.27. The average molecular weight is 466 g/mol. The molecule has 1 amide bonds. The molecule has 0 bridgehead atoms. The van der Waals surface area contributed by atoms with Gasteiger partial charge >= 0.3 is 5.97 Å². The largest absolute Gasteiger partial charge is 0.497 e. The van der Waals surface area contributed by atoms with Crippen LogP contribution in [0.5, 0.6) is 11.5 Å². The Morgan fingerprint density at radius 2 is 1.85 bits per heavy atom. The first-order valence-corrected chi connectivity index (χ1v) is 11.2. The lowest BCUT2D eigenvalue weighted by molar-refractivity contribution is -0.154. The van der Waals surface area contributed by atoms with E-state index in [1.165, 1.54) is 0 Å². The highest BCUT2D eigenvalue weighted by molar-refractivity contribution is 5.93. The summed E-state index contributed by atoms with van der Waals surface area (Å²) in [5.74, 6) is 0.0379. The molecule has 1 unspecified atom stereocenters. The first-order valence-electron chi connectivity index (χ1n) is 11.2. The molecule has 0 aliphatic rings. The molecule has 8 nitrogen and oxygen atoms in total. The fourth-order valence-electron chi connectivity index (χ4n) is 3.71. The lowest BCUT2D eigenvalue weighted by Gasteiger charge is -2.27. The van der Waals surface area contributed by atoms with E-state index in [1.807, 2.05) is 50.2 Å². The van der Waals surface area contributed by atoms with E-state index < -0.39 is 11.6 Å². The minimum absolute atomic E-state index is 0.242. The number of benzene rings is 2. The van der Waals surface area contributed by atoms with Gasteiger partial charge in [-0.05, 0) is 67.8 Å². The minimum atomic E-state index is -1.28. The van der Waals surface area contributed by atoms with Gasteiger partial charge in [-0.2, -0.15) is 5.10 Å². The van der Waals surface area contributed by atoms with Crippen LogP contribution in [0.2, 0.25) is 0 Å². The van der Waals surface area contributed by atoms with E-state index in [-0.39, 0.29) is 5.91 Å². The maximum absolute atomic E-state index is 12.8. The van der Waals surface area contributed by atoms with E-state index >= 15 is 0 Å². The topological polar surface area (TPSA) is 103 Å². The number of carboxylic acid groups (broad SMARTS) is 1. The predicted molar refractivity (Wildman–Crippen MR) is 129 cm³/mol. The van der Waals surface area contributed by atoms with E-state index in [9.17, 15) is 14.7 Å². The summed E-state index contributed by atoms with van der Waals surface area (Å²) in [4.78, 5) is 24.5. The van der Waals surface area contributed by atoms with Crippen LogP contribution in [0.25, 0.3) is 11.3 Å². The number of carboxylic acids is 1. The van der Waals surface area contributed by atoms with Gasteiger partial charge in [0.2, 0.25) is 5.60 Å². The number of nitrogens with zero attached hydrogens (tertiary/aromatic N) is 2. The summed E-state index contributed by atoms with van der Waals surface area (Å²) in [6.45, 7) is 5.68. The Hall–Kier alpha value is -3.81. The summed E-state index contributed by atoms with van der Waals surface area (Å²) >= 11 is 0. The van der Waals surface area contributed by atoms with Crippen LogP contribution >= 0.6 is 0 Å². The zero-order valence-corrected chi connectivity index (χ0v) is 20.2. The molecule has 3 rings (SSSR count). The maximum Gasteiger partial charge on any atom is 0.347 e. The number of hydrogen-bond acceptors (Lipinski definition) is 5. The second kappa shape index (κ2) is 10.4. The number of rotatable bonds is 10. The number of carbonyl (C=O) groups is 2. The standard InChI is InChI=1S/C26H31N3O5/c1-6-13-26(3,25(31)32)34-23-12-7-18(14-17(23)2)16-27-24(30)22-15-21(28-29(22)4)19-8-10-20(33-5)11-9-19/h7-12,14-15H,6,13,16H2,1-5H3,(H,27,30)(H,31,32). The van der Waals surface area contributed by atoms with E-state index in [2.05, 4.69) is 10.4 Å². The van der Waals surface area contributed by atoms with Gasteiger partial charge in [-0.25, -0.2) is 4.79 Å². The molecule has 0 saturated heterocycles. The molecule has 180 valence electrons. The number of methoxy groups -OCH3 is 1. The van der Waals surface area contributed by atoms with Gasteiger partial charge in [-0.15, -0.1) is 0 Å². The van der Waals surface area contributed by atoms with Gasteiger partial charge in [0.25, 0.3) is 5.91 Å². The molecule has 3 aromatic rings. The summed E-state index contributed by atoms with van der Waals surface area (Å²) in [6.07, 6.45) is 1.10. The summed E-state index contributed by atoms with van der Waals surface area (Å²) in [7, 11) is 3.34. The van der Waals surface area contributed by atoms with Crippen molar-refractivity contribution in [3.8, 4) is 22.8 Å². The molecular weight excluding hydrogens is 434 g/mol. The van der Waals surface area contributed by atoms with Crippen molar-refractivity contribution in [3.63, 3.8) is 0 Å². The highest BCUT2D eigenvalue weighted by Gasteiger charge is 2.35. The molecule has 8 heteroatoms. The molecule has 0 aliphatic heterocycles. The number of aromatic nitrogens is 2. The van der Waals surface area contributed by atoms with Gasteiger partial charge in [0.1, 0.15) is 17.2 Å². The third-order valence-corrected chi connectivity index (χ3v) is 5.71. The second-order valence-corrected chi connectivity index (χ2v) is 8.44. The number of nitrogens with one attached hydrogen (secondary N) is 1. The van der Waals surface area contributed by atoms with Crippen LogP contribution in [0.3, 0.4) is 0 Å². The zero-order chi connectivity index (χ0) is 24.9. The molecule has 0 saturated carbocycles. The monoisotopic (exact) mass is 465 g/mol. The van der Waals surface area contributed by atoms with Crippen LogP contribution in [0, 0.1) is 6.92 Å². The Morgan fingerprint density at radius 3 is 2.44 bits per heavy atom. The predicted octanol–water partition coefficient (Wildman–Crippen LogP) is 4.36. The molecule has 0 radical (unpaired) electrons. The molecule has 2 N–H and O–H groups in total. The van der Waals surface area contributed by atoms with Crippen molar-refractivity contribution in [3.05, 3.63) is 65.4 Å². The molecule has 1 aromatic heterocycles. The SMILES string of the molecule is CCCC(C)(Oc1ccc(CNC(=O)c2cc(-c3ccc(OC)cc3)nn2C)cc1C)C(=O)O. The van der Waals surface area contributed by atoms with Gasteiger partial charge in [-0.3, -0.25) is 9.48 Å². The fraction of sp³-hybridized carbons (Fsp3) is 0.346. The van der Waals surface area contributed by atoms with Crippen LogP contribution < -0.4 is 14.8 Å². The van der Waals surface area contributed by atoms with Gasteiger partial charge in [0, 0.05) is 19.2 Å². The highest BCUT2D eigenvalue weighted by atomic mass is 16.5. The lowest BCUT2D eigenvalue weighted by atomic mass is 10.00. The Bertz CT molecular complexity index is 1170. The van der Waals surface area contributed by atoms with Crippen LogP contribution in [0.15, 0.2) is 48.5 Å². The molecule has 2 aromatic carbocycles. The zero-order valence-electron chi connectivity index (χ0n) is 20.2. The van der Waals surface area contributed by atoms with Gasteiger partial charge in [0.15, 0.2) is 0 Å². The molecule has 0 aliphatic carbocycles. The van der Waals surface area contributed by atoms with Crippen molar-refractivity contribution in [2.24, 2.45) is 7.05 Å². The number of amides is 1. The Morgan fingerprint density at radius 1 is 1.15 bits per heavy atom. The van der Waals surface area contributed by atoms with E-state index in [1.54, 1.807) is 37.9 Å². The summed E-state index contributed by atoms with van der Waals surface area (Å²) in [6, 6.07) is 14.7. The number of hydrogen-bond donors (Lipinski definition) is 2. The van der Waals surface area contributed by atoms with E-state index in [0.29, 0.717) is 36.5 Å². The van der Waals surface area contributed by atoms with Crippen molar-refractivity contribution < 1.29 is 24.2 Å². The van der Waals surface area contributed by atoms with Gasteiger partial charge < -0.3 is 19.9 Å². The minimum Gasteiger partial charge on any atom is -0.497 e. The van der Waals surface area contributed by atoms with Crippen molar-refractivity contribution in [2.45, 2.75) is 45.8 Å². The van der Waals surface area contributed by atoms with Crippen LogP contribution in [-0.2, 0) is 18.4 Å². The third kappa shape index (κ3) is 5.57. The fourth-order valence-corrected chi connectivity index (χ4v) is 3.71. The lowest BCUT2D eigenvalue weighted by Crippen LogP contribution is -2.41. The summed E-state index contributed by atoms with van der Waals surface area (Å²) in [5, 5.41) is 16.9. The number of aryl methyl sites for hydroxylation is 2. The Kier molecular flexibility index (Phi) is 7.61. The van der Waals surface area contributed by atoms with Crippen LogP contribution in [-0.4, -0.2) is 39.5 Å². The maximum atomic E-state index is 12.8. The van der Waals surface area contributed by atoms with Gasteiger partial charge in [0.05, 0.1) is 12.8 Å². The second-order valence-electron chi connectivity index (χ2n) is 8.44. The molecule has 34 heavy (non-hydrogen) atoms. The molecule has 1 heterocycles. The first-order chi connectivity index (χ1) is 16.2.